The Morgan fingerprint density at radius 2 is 2.22 bits per heavy atom. The third kappa shape index (κ3) is 5.00. The highest BCUT2D eigenvalue weighted by molar-refractivity contribution is 6.30. The van der Waals surface area contributed by atoms with Crippen molar-refractivity contribution in [3.8, 4) is 0 Å². The first-order valence-corrected chi connectivity index (χ1v) is 5.95. The van der Waals surface area contributed by atoms with Gasteiger partial charge >= 0.3 is 0 Å². The Kier molecular flexibility index (Phi) is 6.64. The molecule has 6 heteroatoms. The van der Waals surface area contributed by atoms with E-state index in [0.717, 1.165) is 6.07 Å². The maximum atomic E-state index is 13.3. The molecule has 1 rings (SSSR count). The number of rotatable bonds is 7. The van der Waals surface area contributed by atoms with Crippen LogP contribution in [0, 0.1) is 5.82 Å². The van der Waals surface area contributed by atoms with E-state index in [1.54, 1.807) is 0 Å². The van der Waals surface area contributed by atoms with Gasteiger partial charge in [-0.3, -0.25) is 4.79 Å². The average molecular weight is 276 g/mol. The monoisotopic (exact) mass is 275 g/mol. The minimum absolute atomic E-state index is 0.0277. The van der Waals surface area contributed by atoms with Crippen molar-refractivity contribution in [2.45, 2.75) is 6.42 Å². The minimum Gasteiger partial charge on any atom is -0.394 e. The summed E-state index contributed by atoms with van der Waals surface area (Å²) in [5.74, 6) is -1.11. The van der Waals surface area contributed by atoms with Crippen molar-refractivity contribution in [2.75, 3.05) is 26.4 Å². The molecule has 0 spiro atoms. The van der Waals surface area contributed by atoms with Crippen LogP contribution in [0.5, 0.6) is 0 Å². The fourth-order valence-corrected chi connectivity index (χ4v) is 1.48. The number of benzene rings is 1. The highest BCUT2D eigenvalue weighted by atomic mass is 35.5. The molecule has 0 aliphatic carbocycles. The number of aliphatic hydroxyl groups is 1. The van der Waals surface area contributed by atoms with Crippen molar-refractivity contribution >= 4 is 17.5 Å². The minimum atomic E-state index is -0.603. The number of hydrogen-bond acceptors (Lipinski definition) is 3. The largest absolute Gasteiger partial charge is 0.394 e. The van der Waals surface area contributed by atoms with Gasteiger partial charge in [-0.1, -0.05) is 11.6 Å². The average Bonchev–Trinajstić information content (AvgIpc) is 2.36. The van der Waals surface area contributed by atoms with Crippen molar-refractivity contribution in [1.29, 1.82) is 0 Å². The van der Waals surface area contributed by atoms with E-state index >= 15 is 0 Å². The van der Waals surface area contributed by atoms with E-state index in [1.165, 1.54) is 12.1 Å². The Morgan fingerprint density at radius 3 is 2.94 bits per heavy atom. The normalized spacial score (nSPS) is 10.4. The van der Waals surface area contributed by atoms with Crippen molar-refractivity contribution in [3.63, 3.8) is 0 Å². The van der Waals surface area contributed by atoms with Crippen LogP contribution in [0.2, 0.25) is 5.02 Å². The Balaban J connectivity index is 2.34. The quantitative estimate of drug-likeness (QED) is 0.743. The molecule has 1 aromatic carbocycles. The van der Waals surface area contributed by atoms with E-state index < -0.39 is 11.7 Å². The summed E-state index contributed by atoms with van der Waals surface area (Å²) in [5.41, 5.74) is -0.0706. The van der Waals surface area contributed by atoms with Gasteiger partial charge in [-0.15, -0.1) is 0 Å². The molecule has 1 aromatic rings. The number of carbonyl (C=O) groups is 1. The highest BCUT2D eigenvalue weighted by Crippen LogP contribution is 2.14. The zero-order valence-corrected chi connectivity index (χ0v) is 10.5. The zero-order chi connectivity index (χ0) is 13.4. The molecule has 0 saturated carbocycles. The summed E-state index contributed by atoms with van der Waals surface area (Å²) in [7, 11) is 0. The Hall–Kier alpha value is -1.17. The van der Waals surface area contributed by atoms with Crippen molar-refractivity contribution in [2.24, 2.45) is 0 Å². The standard InChI is InChI=1S/C12H15ClFNO3/c13-9-2-3-11(14)10(8-9)12(17)15-4-1-6-18-7-5-16/h2-3,8,16H,1,4-7H2,(H,15,17). The molecule has 100 valence electrons. The first-order chi connectivity index (χ1) is 8.65. The van der Waals surface area contributed by atoms with Crippen molar-refractivity contribution < 1.29 is 19.0 Å². The number of ether oxygens (including phenoxy) is 1. The smallest absolute Gasteiger partial charge is 0.254 e. The Morgan fingerprint density at radius 1 is 1.44 bits per heavy atom. The van der Waals surface area contributed by atoms with Crippen LogP contribution in [0.15, 0.2) is 18.2 Å². The number of aliphatic hydroxyl groups excluding tert-OH is 1. The van der Waals surface area contributed by atoms with Gasteiger partial charge in [0.05, 0.1) is 18.8 Å². The van der Waals surface area contributed by atoms with Crippen LogP contribution < -0.4 is 5.32 Å². The summed E-state index contributed by atoms with van der Waals surface area (Å²) < 4.78 is 18.3. The van der Waals surface area contributed by atoms with Crippen LogP contribution in [0.4, 0.5) is 4.39 Å². The third-order valence-corrected chi connectivity index (χ3v) is 2.39. The summed E-state index contributed by atoms with van der Waals surface area (Å²) in [6.45, 7) is 1.05. The Bertz CT molecular complexity index is 401. The van der Waals surface area contributed by atoms with E-state index in [4.69, 9.17) is 21.4 Å². The fourth-order valence-electron chi connectivity index (χ4n) is 1.31. The Labute approximate surface area is 110 Å². The summed E-state index contributed by atoms with van der Waals surface area (Å²) in [5, 5.41) is 11.3. The number of hydrogen-bond donors (Lipinski definition) is 2. The van der Waals surface area contributed by atoms with Gasteiger partial charge in [-0.25, -0.2) is 4.39 Å². The lowest BCUT2D eigenvalue weighted by Crippen LogP contribution is -2.26. The number of carbonyl (C=O) groups excluding carboxylic acids is 1. The first kappa shape index (κ1) is 14.9. The molecule has 0 heterocycles. The van der Waals surface area contributed by atoms with E-state index in [1.807, 2.05) is 0 Å². The molecule has 0 unspecified atom stereocenters. The maximum Gasteiger partial charge on any atom is 0.254 e. The molecular formula is C12H15ClFNO3. The lowest BCUT2D eigenvalue weighted by molar-refractivity contribution is 0.0866. The summed E-state index contributed by atoms with van der Waals surface area (Å²) >= 11 is 5.69. The van der Waals surface area contributed by atoms with E-state index in [0.29, 0.717) is 24.6 Å². The lowest BCUT2D eigenvalue weighted by Gasteiger charge is -2.06. The van der Waals surface area contributed by atoms with Crippen LogP contribution >= 0.6 is 11.6 Å². The second-order valence-electron chi connectivity index (χ2n) is 3.57. The molecule has 0 aliphatic rings. The second-order valence-corrected chi connectivity index (χ2v) is 4.01. The van der Waals surface area contributed by atoms with Crippen LogP contribution in [0.1, 0.15) is 16.8 Å². The van der Waals surface area contributed by atoms with Crippen LogP contribution in [-0.2, 0) is 4.74 Å². The number of amides is 1. The zero-order valence-electron chi connectivity index (χ0n) is 9.79. The summed E-state index contributed by atoms with van der Waals surface area (Å²) in [6, 6.07) is 3.83. The maximum absolute atomic E-state index is 13.3. The van der Waals surface area contributed by atoms with Crippen LogP contribution in [-0.4, -0.2) is 37.4 Å². The van der Waals surface area contributed by atoms with Gasteiger partial charge in [-0.05, 0) is 24.6 Å². The van der Waals surface area contributed by atoms with E-state index in [2.05, 4.69) is 5.32 Å². The first-order valence-electron chi connectivity index (χ1n) is 5.57. The van der Waals surface area contributed by atoms with Crippen LogP contribution in [0.3, 0.4) is 0 Å². The second kappa shape index (κ2) is 8.02. The molecule has 18 heavy (non-hydrogen) atoms. The van der Waals surface area contributed by atoms with Gasteiger partial charge in [0.2, 0.25) is 0 Å². The molecule has 0 saturated heterocycles. The predicted octanol–water partition coefficient (Wildman–Crippen LogP) is 1.61. The molecule has 0 fully saturated rings. The summed E-state index contributed by atoms with van der Waals surface area (Å²) in [4.78, 5) is 11.6. The third-order valence-electron chi connectivity index (χ3n) is 2.16. The lowest BCUT2D eigenvalue weighted by atomic mass is 10.2. The molecule has 1 amide bonds. The van der Waals surface area contributed by atoms with Gasteiger partial charge in [0.15, 0.2) is 0 Å². The molecule has 0 aliphatic heterocycles. The molecule has 0 atom stereocenters. The number of halogens is 2. The highest BCUT2D eigenvalue weighted by Gasteiger charge is 2.11. The molecule has 0 aromatic heterocycles. The van der Waals surface area contributed by atoms with Gasteiger partial charge in [0, 0.05) is 18.2 Å². The van der Waals surface area contributed by atoms with Crippen LogP contribution in [0.25, 0.3) is 0 Å². The molecule has 0 bridgehead atoms. The topological polar surface area (TPSA) is 58.6 Å². The molecule has 4 nitrogen and oxygen atoms in total. The van der Waals surface area contributed by atoms with Gasteiger partial charge in [-0.2, -0.15) is 0 Å². The SMILES string of the molecule is O=C(NCCCOCCO)c1cc(Cl)ccc1F. The number of nitrogens with one attached hydrogen (secondary N) is 1. The van der Waals surface area contributed by atoms with E-state index in [-0.39, 0.29) is 18.8 Å². The van der Waals surface area contributed by atoms with Crippen molar-refractivity contribution in [3.05, 3.63) is 34.6 Å². The molecule has 2 N–H and O–H groups in total. The molecular weight excluding hydrogens is 261 g/mol. The fraction of sp³-hybridized carbons (Fsp3) is 0.417. The summed E-state index contributed by atoms with van der Waals surface area (Å²) in [6.07, 6.45) is 0.591. The van der Waals surface area contributed by atoms with Gasteiger partial charge in [0.1, 0.15) is 5.82 Å². The van der Waals surface area contributed by atoms with E-state index in [9.17, 15) is 9.18 Å². The van der Waals surface area contributed by atoms with Crippen molar-refractivity contribution in [1.82, 2.24) is 5.32 Å². The van der Waals surface area contributed by atoms with Gasteiger partial charge in [0.25, 0.3) is 5.91 Å². The molecule has 0 radical (unpaired) electrons. The predicted molar refractivity (Wildman–Crippen MR) is 66.3 cm³/mol. The van der Waals surface area contributed by atoms with Gasteiger partial charge < -0.3 is 15.2 Å².